The highest BCUT2D eigenvalue weighted by Crippen LogP contribution is 2.11. The zero-order valence-corrected chi connectivity index (χ0v) is 13.5. The summed E-state index contributed by atoms with van der Waals surface area (Å²) < 4.78 is 0. The van der Waals surface area contributed by atoms with Crippen molar-refractivity contribution in [2.45, 2.75) is 13.3 Å². The summed E-state index contributed by atoms with van der Waals surface area (Å²) in [6, 6.07) is 6.36. The average molecular weight is 324 g/mol. The Morgan fingerprint density at radius 1 is 1.00 bits per heavy atom. The van der Waals surface area contributed by atoms with Gasteiger partial charge in [-0.3, -0.25) is 9.59 Å². The van der Waals surface area contributed by atoms with Gasteiger partial charge in [0.15, 0.2) is 11.6 Å². The number of allylic oxidation sites excluding steroid dienone is 7. The van der Waals surface area contributed by atoms with Crippen LogP contribution in [0.4, 0.5) is 0 Å². The Kier molecular flexibility index (Phi) is 7.71. The number of aliphatic hydroxyl groups is 1. The standard InChI is InChI=1S/C20H20O4/c1-3-17(21)9-4-15(2)5-10-19(23)14-20(24)13-8-16-6-11-18(22)12-7-16/h3-13,21-22H,2,14H2,1H3/b9-4-,10-5+,13-8+,17-3+. The molecule has 0 aliphatic heterocycles. The van der Waals surface area contributed by atoms with E-state index in [1.54, 1.807) is 31.2 Å². The Balaban J connectivity index is 2.50. The van der Waals surface area contributed by atoms with Gasteiger partial charge >= 0.3 is 0 Å². The van der Waals surface area contributed by atoms with Crippen LogP contribution < -0.4 is 0 Å². The lowest BCUT2D eigenvalue weighted by molar-refractivity contribution is -0.121. The third-order valence-corrected chi connectivity index (χ3v) is 2.95. The van der Waals surface area contributed by atoms with Crippen LogP contribution in [0.1, 0.15) is 18.9 Å². The number of ketones is 2. The third kappa shape index (κ3) is 7.75. The lowest BCUT2D eigenvalue weighted by atomic mass is 10.1. The van der Waals surface area contributed by atoms with E-state index in [-0.39, 0.29) is 29.5 Å². The predicted octanol–water partition coefficient (Wildman–Crippen LogP) is 4.06. The van der Waals surface area contributed by atoms with Crippen LogP contribution in [0.3, 0.4) is 0 Å². The van der Waals surface area contributed by atoms with Crippen LogP contribution in [0.2, 0.25) is 0 Å². The summed E-state index contributed by atoms with van der Waals surface area (Å²) in [4.78, 5) is 23.4. The van der Waals surface area contributed by atoms with Gasteiger partial charge < -0.3 is 10.2 Å². The predicted molar refractivity (Wildman–Crippen MR) is 95.6 cm³/mol. The smallest absolute Gasteiger partial charge is 0.163 e. The van der Waals surface area contributed by atoms with E-state index < -0.39 is 0 Å². The van der Waals surface area contributed by atoms with Crippen LogP contribution in [0.15, 0.2) is 78.6 Å². The van der Waals surface area contributed by atoms with Crippen molar-refractivity contribution in [3.8, 4) is 5.75 Å². The van der Waals surface area contributed by atoms with Crippen LogP contribution in [-0.2, 0) is 9.59 Å². The summed E-state index contributed by atoms with van der Waals surface area (Å²) in [6.07, 6.45) is 10.00. The van der Waals surface area contributed by atoms with E-state index >= 15 is 0 Å². The van der Waals surface area contributed by atoms with Crippen molar-refractivity contribution in [1.29, 1.82) is 0 Å². The van der Waals surface area contributed by atoms with E-state index in [1.165, 1.54) is 42.5 Å². The first kappa shape index (κ1) is 18.9. The second-order valence-electron chi connectivity index (χ2n) is 4.99. The first-order chi connectivity index (χ1) is 11.4. The van der Waals surface area contributed by atoms with Crippen molar-refractivity contribution in [3.63, 3.8) is 0 Å². The SMILES string of the molecule is C=C(/C=C\C(O)=C/C)/C=C/C(=O)CC(=O)/C=C/c1ccc(O)cc1. The van der Waals surface area contributed by atoms with Crippen LogP contribution in [0.5, 0.6) is 5.75 Å². The summed E-state index contributed by atoms with van der Waals surface area (Å²) >= 11 is 0. The minimum atomic E-state index is -0.333. The number of phenols is 1. The van der Waals surface area contributed by atoms with E-state index in [1.807, 2.05) is 0 Å². The van der Waals surface area contributed by atoms with Gasteiger partial charge in [-0.1, -0.05) is 36.9 Å². The monoisotopic (exact) mass is 324 g/mol. The molecule has 0 saturated heterocycles. The van der Waals surface area contributed by atoms with E-state index in [0.717, 1.165) is 5.56 Å². The Bertz CT molecular complexity index is 717. The molecule has 1 aromatic carbocycles. The summed E-state index contributed by atoms with van der Waals surface area (Å²) in [6.45, 7) is 5.41. The highest BCUT2D eigenvalue weighted by Gasteiger charge is 2.03. The molecule has 0 atom stereocenters. The van der Waals surface area contributed by atoms with Crippen molar-refractivity contribution >= 4 is 17.6 Å². The summed E-state index contributed by atoms with van der Waals surface area (Å²) in [5.41, 5.74) is 1.29. The van der Waals surface area contributed by atoms with Gasteiger partial charge in [-0.25, -0.2) is 0 Å². The number of aromatic hydroxyl groups is 1. The first-order valence-corrected chi connectivity index (χ1v) is 7.34. The molecule has 24 heavy (non-hydrogen) atoms. The van der Waals surface area contributed by atoms with E-state index in [0.29, 0.717) is 5.57 Å². The Morgan fingerprint density at radius 2 is 1.58 bits per heavy atom. The van der Waals surface area contributed by atoms with Crippen molar-refractivity contribution in [2.24, 2.45) is 0 Å². The molecule has 0 radical (unpaired) electrons. The molecule has 0 unspecified atom stereocenters. The fourth-order valence-electron chi connectivity index (χ4n) is 1.61. The molecule has 124 valence electrons. The zero-order chi connectivity index (χ0) is 17.9. The van der Waals surface area contributed by atoms with E-state index in [2.05, 4.69) is 6.58 Å². The average Bonchev–Trinajstić information content (AvgIpc) is 2.57. The molecule has 0 bridgehead atoms. The molecule has 1 aromatic rings. The second-order valence-corrected chi connectivity index (χ2v) is 4.99. The number of benzene rings is 1. The first-order valence-electron chi connectivity index (χ1n) is 7.34. The molecule has 1 rings (SSSR count). The minimum Gasteiger partial charge on any atom is -0.508 e. The fourth-order valence-corrected chi connectivity index (χ4v) is 1.61. The highest BCUT2D eigenvalue weighted by atomic mass is 16.3. The molecule has 4 nitrogen and oxygen atoms in total. The Labute approximate surface area is 141 Å². The number of hydrogen-bond donors (Lipinski definition) is 2. The van der Waals surface area contributed by atoms with Crippen molar-refractivity contribution in [2.75, 3.05) is 0 Å². The number of aliphatic hydroxyl groups excluding tert-OH is 1. The van der Waals surface area contributed by atoms with Crippen molar-refractivity contribution < 1.29 is 19.8 Å². The normalized spacial score (nSPS) is 12.3. The van der Waals surface area contributed by atoms with Gasteiger partial charge in [-0.15, -0.1) is 0 Å². The lowest BCUT2D eigenvalue weighted by Crippen LogP contribution is -2.02. The van der Waals surface area contributed by atoms with Gasteiger partial charge in [0.1, 0.15) is 11.5 Å². The van der Waals surface area contributed by atoms with Crippen LogP contribution in [0.25, 0.3) is 6.08 Å². The van der Waals surface area contributed by atoms with E-state index in [9.17, 15) is 14.7 Å². The largest absolute Gasteiger partial charge is 0.508 e. The molecule has 4 heteroatoms. The fraction of sp³-hybridized carbons (Fsp3) is 0.100. The minimum absolute atomic E-state index is 0.102. The maximum atomic E-state index is 11.7. The number of carbonyl (C=O) groups excluding carboxylic acids is 2. The van der Waals surface area contributed by atoms with Crippen molar-refractivity contribution in [1.82, 2.24) is 0 Å². The lowest BCUT2D eigenvalue weighted by Gasteiger charge is -1.95. The molecule has 0 heterocycles. The number of rotatable bonds is 8. The molecular formula is C20H20O4. The quantitative estimate of drug-likeness (QED) is 0.327. The summed E-state index contributed by atoms with van der Waals surface area (Å²) in [5.74, 6) is -0.396. The van der Waals surface area contributed by atoms with Gasteiger partial charge in [0.25, 0.3) is 0 Å². The second kappa shape index (κ2) is 9.79. The van der Waals surface area contributed by atoms with Gasteiger partial charge in [0, 0.05) is 0 Å². The van der Waals surface area contributed by atoms with Gasteiger partial charge in [0.05, 0.1) is 6.42 Å². The van der Waals surface area contributed by atoms with Crippen LogP contribution in [-0.4, -0.2) is 21.8 Å². The Morgan fingerprint density at radius 3 is 2.21 bits per heavy atom. The maximum absolute atomic E-state index is 11.7. The summed E-state index contributed by atoms with van der Waals surface area (Å²) in [7, 11) is 0. The number of phenolic OH excluding ortho intramolecular Hbond substituents is 1. The molecule has 0 aliphatic rings. The van der Waals surface area contributed by atoms with Crippen LogP contribution in [0, 0.1) is 0 Å². The molecule has 0 fully saturated rings. The van der Waals surface area contributed by atoms with Gasteiger partial charge in [0.2, 0.25) is 0 Å². The van der Waals surface area contributed by atoms with E-state index in [4.69, 9.17) is 5.11 Å². The number of carbonyl (C=O) groups is 2. The topological polar surface area (TPSA) is 74.6 Å². The summed E-state index contributed by atoms with van der Waals surface area (Å²) in [5, 5.41) is 18.4. The zero-order valence-electron chi connectivity index (χ0n) is 13.5. The highest BCUT2D eigenvalue weighted by molar-refractivity contribution is 6.09. The molecule has 0 amide bonds. The van der Waals surface area contributed by atoms with Crippen LogP contribution >= 0.6 is 0 Å². The molecule has 0 saturated carbocycles. The van der Waals surface area contributed by atoms with Gasteiger partial charge in [-0.05, 0) is 54.5 Å². The molecule has 0 spiro atoms. The third-order valence-electron chi connectivity index (χ3n) is 2.95. The molecule has 0 aromatic heterocycles. The maximum Gasteiger partial charge on any atom is 0.163 e. The van der Waals surface area contributed by atoms with Crippen molar-refractivity contribution in [3.05, 3.63) is 84.2 Å². The molecular weight excluding hydrogens is 304 g/mol. The molecule has 2 N–H and O–H groups in total. The van der Waals surface area contributed by atoms with Gasteiger partial charge in [-0.2, -0.15) is 0 Å². The molecule has 0 aliphatic carbocycles. The Hall–Kier alpha value is -3.14. The number of hydrogen-bond acceptors (Lipinski definition) is 4.